The second kappa shape index (κ2) is 3.29. The maximum Gasteiger partial charge on any atom is 0.276 e. The number of nitrogens with two attached hydrogens (primary N) is 2. The average molecular weight is 193 g/mol. The highest BCUT2D eigenvalue weighted by atomic mass is 32.2. The molecule has 0 aromatic heterocycles. The van der Waals surface area contributed by atoms with Gasteiger partial charge in [0.2, 0.25) is 0 Å². The Morgan fingerprint density at radius 2 is 2.08 bits per heavy atom. The molecular formula is C6H15N3O2S. The van der Waals surface area contributed by atoms with Gasteiger partial charge in [0.25, 0.3) is 10.2 Å². The van der Waals surface area contributed by atoms with Crippen LogP contribution < -0.4 is 10.9 Å². The summed E-state index contributed by atoms with van der Waals surface area (Å²) in [6.45, 7) is 0.345. The van der Waals surface area contributed by atoms with Gasteiger partial charge in [0.05, 0.1) is 0 Å². The van der Waals surface area contributed by atoms with Gasteiger partial charge >= 0.3 is 0 Å². The van der Waals surface area contributed by atoms with Gasteiger partial charge in [0, 0.05) is 19.6 Å². The predicted molar refractivity (Wildman–Crippen MR) is 46.4 cm³/mol. The van der Waals surface area contributed by atoms with E-state index in [4.69, 9.17) is 10.9 Å². The molecule has 0 saturated heterocycles. The van der Waals surface area contributed by atoms with Crippen LogP contribution in [0.4, 0.5) is 0 Å². The van der Waals surface area contributed by atoms with Crippen molar-refractivity contribution in [2.24, 2.45) is 16.8 Å². The topological polar surface area (TPSA) is 89.4 Å². The molecular weight excluding hydrogens is 178 g/mol. The molecule has 1 rings (SSSR count). The third-order valence-corrected chi connectivity index (χ3v) is 3.35. The Labute approximate surface area is 72.9 Å². The molecule has 1 unspecified atom stereocenters. The van der Waals surface area contributed by atoms with Crippen LogP contribution in [0.25, 0.3) is 0 Å². The molecule has 12 heavy (non-hydrogen) atoms. The van der Waals surface area contributed by atoms with E-state index in [1.807, 2.05) is 0 Å². The summed E-state index contributed by atoms with van der Waals surface area (Å²) >= 11 is 0. The molecule has 1 saturated carbocycles. The lowest BCUT2D eigenvalue weighted by molar-refractivity contribution is 0.341. The normalized spacial score (nSPS) is 21.3. The van der Waals surface area contributed by atoms with Crippen molar-refractivity contribution < 1.29 is 8.42 Å². The van der Waals surface area contributed by atoms with Crippen LogP contribution in [0.1, 0.15) is 12.8 Å². The number of nitrogens with zero attached hydrogens (tertiary/aromatic N) is 1. The molecule has 1 aliphatic carbocycles. The summed E-state index contributed by atoms with van der Waals surface area (Å²) in [4.78, 5) is 0. The molecule has 0 spiro atoms. The second-order valence-corrected chi connectivity index (χ2v) is 4.81. The fourth-order valence-electron chi connectivity index (χ4n) is 1.31. The second-order valence-electron chi connectivity index (χ2n) is 3.20. The smallest absolute Gasteiger partial charge is 0.276 e. The molecule has 1 atom stereocenters. The van der Waals surface area contributed by atoms with Crippen molar-refractivity contribution in [3.05, 3.63) is 0 Å². The van der Waals surface area contributed by atoms with E-state index in [0.29, 0.717) is 12.5 Å². The Balaban J connectivity index is 2.65. The Morgan fingerprint density at radius 1 is 1.58 bits per heavy atom. The highest BCUT2D eigenvalue weighted by molar-refractivity contribution is 7.86. The molecule has 1 fully saturated rings. The Kier molecular flexibility index (Phi) is 2.72. The third kappa shape index (κ3) is 2.16. The molecule has 0 radical (unpaired) electrons. The number of hydrogen-bond donors (Lipinski definition) is 2. The highest BCUT2D eigenvalue weighted by Gasteiger charge is 2.36. The van der Waals surface area contributed by atoms with E-state index < -0.39 is 10.2 Å². The van der Waals surface area contributed by atoms with Crippen LogP contribution in [-0.4, -0.2) is 32.4 Å². The van der Waals surface area contributed by atoms with Gasteiger partial charge < -0.3 is 5.73 Å². The maximum absolute atomic E-state index is 10.9. The molecule has 4 N–H and O–H groups in total. The molecule has 5 nitrogen and oxygen atoms in total. The van der Waals surface area contributed by atoms with E-state index in [2.05, 4.69) is 0 Å². The first-order valence-corrected chi connectivity index (χ1v) is 5.43. The van der Waals surface area contributed by atoms with E-state index in [1.54, 1.807) is 0 Å². The first kappa shape index (κ1) is 9.91. The van der Waals surface area contributed by atoms with E-state index in [0.717, 1.165) is 12.8 Å². The Bertz CT molecular complexity index is 248. The third-order valence-electron chi connectivity index (χ3n) is 2.28. The Hall–Kier alpha value is -0.170. The van der Waals surface area contributed by atoms with Gasteiger partial charge in [0.1, 0.15) is 0 Å². The van der Waals surface area contributed by atoms with Crippen molar-refractivity contribution in [3.8, 4) is 0 Å². The predicted octanol–water partition coefficient (Wildman–Crippen LogP) is -1.14. The van der Waals surface area contributed by atoms with E-state index in [9.17, 15) is 8.42 Å². The van der Waals surface area contributed by atoms with Crippen LogP contribution in [0.15, 0.2) is 0 Å². The molecule has 0 aromatic carbocycles. The van der Waals surface area contributed by atoms with Crippen LogP contribution in [-0.2, 0) is 10.2 Å². The average Bonchev–Trinajstić information content (AvgIpc) is 2.70. The van der Waals surface area contributed by atoms with Gasteiger partial charge in [-0.3, -0.25) is 0 Å². The molecule has 0 bridgehead atoms. The summed E-state index contributed by atoms with van der Waals surface area (Å²) in [7, 11) is -2.09. The van der Waals surface area contributed by atoms with E-state index in [-0.39, 0.29) is 6.04 Å². The zero-order valence-electron chi connectivity index (χ0n) is 7.10. The van der Waals surface area contributed by atoms with Crippen molar-refractivity contribution in [2.75, 3.05) is 13.6 Å². The first-order chi connectivity index (χ1) is 5.46. The standard InChI is InChI=1S/C6H15N3O2S/c1-9(12(8,10)11)6(4-7)5-2-3-5/h5-6H,2-4,7H2,1H3,(H2,8,10,11). The minimum atomic E-state index is -3.57. The summed E-state index contributed by atoms with van der Waals surface area (Å²) in [5.74, 6) is 0.415. The molecule has 1 aliphatic rings. The SMILES string of the molecule is CN(C(CN)C1CC1)S(N)(=O)=O. The maximum atomic E-state index is 10.9. The minimum absolute atomic E-state index is 0.111. The van der Waals surface area contributed by atoms with E-state index in [1.165, 1.54) is 11.4 Å². The molecule has 6 heteroatoms. The quantitative estimate of drug-likeness (QED) is 0.591. The lowest BCUT2D eigenvalue weighted by Gasteiger charge is -2.23. The summed E-state index contributed by atoms with van der Waals surface area (Å²) in [5.41, 5.74) is 5.45. The first-order valence-electron chi connectivity index (χ1n) is 3.92. The monoisotopic (exact) mass is 193 g/mol. The minimum Gasteiger partial charge on any atom is -0.329 e. The molecule has 0 aliphatic heterocycles. The van der Waals surface area contributed by atoms with Crippen molar-refractivity contribution >= 4 is 10.2 Å². The van der Waals surface area contributed by atoms with Gasteiger partial charge in [-0.05, 0) is 18.8 Å². The summed E-state index contributed by atoms with van der Waals surface area (Å²) in [5, 5.41) is 4.96. The van der Waals surface area contributed by atoms with Gasteiger partial charge in [-0.15, -0.1) is 0 Å². The Morgan fingerprint density at radius 3 is 2.33 bits per heavy atom. The van der Waals surface area contributed by atoms with Gasteiger partial charge in [-0.1, -0.05) is 0 Å². The lowest BCUT2D eigenvalue weighted by Crippen LogP contribution is -2.46. The summed E-state index contributed by atoms with van der Waals surface area (Å²) in [6.07, 6.45) is 2.11. The van der Waals surface area contributed by atoms with E-state index >= 15 is 0 Å². The van der Waals surface area contributed by atoms with Crippen LogP contribution in [0.5, 0.6) is 0 Å². The van der Waals surface area contributed by atoms with Gasteiger partial charge in [0.15, 0.2) is 0 Å². The van der Waals surface area contributed by atoms with Crippen LogP contribution in [0, 0.1) is 5.92 Å². The number of hydrogen-bond acceptors (Lipinski definition) is 3. The largest absolute Gasteiger partial charge is 0.329 e. The summed E-state index contributed by atoms with van der Waals surface area (Å²) < 4.78 is 23.0. The van der Waals surface area contributed by atoms with Crippen LogP contribution in [0.3, 0.4) is 0 Å². The molecule has 0 heterocycles. The zero-order chi connectivity index (χ0) is 9.35. The lowest BCUT2D eigenvalue weighted by atomic mass is 10.2. The van der Waals surface area contributed by atoms with Crippen LogP contribution in [0.2, 0.25) is 0 Å². The fourth-order valence-corrected chi connectivity index (χ4v) is 1.94. The zero-order valence-corrected chi connectivity index (χ0v) is 7.92. The molecule has 0 amide bonds. The van der Waals surface area contributed by atoms with Gasteiger partial charge in [-0.2, -0.15) is 12.7 Å². The molecule has 72 valence electrons. The fraction of sp³-hybridized carbons (Fsp3) is 1.00. The number of rotatable bonds is 4. The van der Waals surface area contributed by atoms with Crippen molar-refractivity contribution in [2.45, 2.75) is 18.9 Å². The van der Waals surface area contributed by atoms with Crippen molar-refractivity contribution in [1.29, 1.82) is 0 Å². The highest BCUT2D eigenvalue weighted by Crippen LogP contribution is 2.34. The number of likely N-dealkylation sites (N-methyl/N-ethyl adjacent to an activating group) is 1. The van der Waals surface area contributed by atoms with Crippen molar-refractivity contribution in [1.82, 2.24) is 4.31 Å². The van der Waals surface area contributed by atoms with Crippen molar-refractivity contribution in [3.63, 3.8) is 0 Å². The van der Waals surface area contributed by atoms with Crippen LogP contribution >= 0.6 is 0 Å². The summed E-state index contributed by atoms with van der Waals surface area (Å²) in [6, 6.07) is -0.111. The van der Waals surface area contributed by atoms with Gasteiger partial charge in [-0.25, -0.2) is 5.14 Å². The molecule has 0 aromatic rings.